The molecule has 1 amide bonds. The van der Waals surface area contributed by atoms with Crippen LogP contribution < -0.4 is 10.2 Å². The van der Waals surface area contributed by atoms with Gasteiger partial charge in [-0.1, -0.05) is 29.5 Å². The number of para-hydroxylation sites is 1. The van der Waals surface area contributed by atoms with Gasteiger partial charge in [0.1, 0.15) is 23.9 Å². The molecule has 0 spiro atoms. The molecule has 1 saturated heterocycles. The summed E-state index contributed by atoms with van der Waals surface area (Å²) in [6.45, 7) is 4.20. The number of aromatic nitrogens is 6. The van der Waals surface area contributed by atoms with Crippen molar-refractivity contribution < 1.29 is 27.5 Å². The molecule has 1 aliphatic heterocycles. The fraction of sp³-hybridized carbons (Fsp3) is 0.395. The summed E-state index contributed by atoms with van der Waals surface area (Å²) in [5.41, 5.74) is 4.35. The Morgan fingerprint density at radius 1 is 1.08 bits per heavy atom. The molecular formula is C38H36F4N8O2S. The zero-order valence-electron chi connectivity index (χ0n) is 29.2. The highest BCUT2D eigenvalue weighted by atomic mass is 32.1. The van der Waals surface area contributed by atoms with Crippen LogP contribution in [0.3, 0.4) is 0 Å². The number of carbonyl (C=O) groups is 1. The second-order valence-electron chi connectivity index (χ2n) is 15.0. The van der Waals surface area contributed by atoms with E-state index in [0.29, 0.717) is 58.7 Å². The number of nitrogens with zero attached hydrogens (tertiary/aromatic N) is 7. The fourth-order valence-electron chi connectivity index (χ4n) is 8.41. The number of nitrogens with one attached hydrogen (secondary N) is 1. The summed E-state index contributed by atoms with van der Waals surface area (Å²) >= 11 is 1.43. The van der Waals surface area contributed by atoms with Gasteiger partial charge in [-0.05, 0) is 69.2 Å². The summed E-state index contributed by atoms with van der Waals surface area (Å²) in [4.78, 5) is 25.9. The van der Waals surface area contributed by atoms with Crippen molar-refractivity contribution in [1.82, 2.24) is 34.8 Å². The Morgan fingerprint density at radius 3 is 2.58 bits per heavy atom. The molecule has 0 bridgehead atoms. The van der Waals surface area contributed by atoms with E-state index >= 15 is 0 Å². The summed E-state index contributed by atoms with van der Waals surface area (Å²) in [6, 6.07) is 10.1. The summed E-state index contributed by atoms with van der Waals surface area (Å²) in [6.07, 6.45) is -0.587. The van der Waals surface area contributed by atoms with E-state index in [0.717, 1.165) is 45.8 Å². The summed E-state index contributed by atoms with van der Waals surface area (Å²) in [5, 5.41) is 24.0. The minimum absolute atomic E-state index is 0.0392. The van der Waals surface area contributed by atoms with E-state index in [4.69, 9.17) is 9.97 Å². The zero-order valence-corrected chi connectivity index (χ0v) is 30.0. The highest BCUT2D eigenvalue weighted by Crippen LogP contribution is 2.55. The van der Waals surface area contributed by atoms with Crippen LogP contribution in [0.25, 0.3) is 32.4 Å². The van der Waals surface area contributed by atoms with E-state index in [9.17, 15) is 27.5 Å². The summed E-state index contributed by atoms with van der Waals surface area (Å²) in [5.74, 6) is -1.53. The molecule has 2 N–H and O–H groups in total. The van der Waals surface area contributed by atoms with Crippen LogP contribution in [0.1, 0.15) is 72.1 Å². The number of hydrogen-bond acceptors (Lipinski definition) is 8. The van der Waals surface area contributed by atoms with Gasteiger partial charge in [0.25, 0.3) is 6.43 Å². The maximum Gasteiger partial charge on any atom is 0.282 e. The van der Waals surface area contributed by atoms with E-state index in [1.807, 2.05) is 43.1 Å². The van der Waals surface area contributed by atoms with Crippen molar-refractivity contribution >= 4 is 43.6 Å². The van der Waals surface area contributed by atoms with Crippen LogP contribution in [0, 0.1) is 24.5 Å². The van der Waals surface area contributed by atoms with E-state index in [2.05, 4.69) is 15.5 Å². The number of anilines is 1. The number of rotatable bonds is 9. The SMILES string of the molecule is Cc1nn(C)c2c(-c3cc4sc(N5CC(C)(O)C5)nc4nc3[C@H](Cc3cc(F)cc(F)c3)NC(=O)Cn3nc(C(F)F)c4c3C3CC3CC4)cccc12. The molecule has 3 aliphatic rings. The normalized spacial score (nSPS) is 19.4. The molecule has 10 nitrogen and oxygen atoms in total. The maximum absolute atomic E-state index is 14.6. The minimum atomic E-state index is -2.76. The highest BCUT2D eigenvalue weighted by molar-refractivity contribution is 7.22. The first kappa shape index (κ1) is 33.9. The quantitative estimate of drug-likeness (QED) is 0.159. The number of benzene rings is 2. The predicted octanol–water partition coefficient (Wildman–Crippen LogP) is 6.69. The number of β-amino-alcohol motifs (C(OH)–C–C–N with tert-alkyl or cyclic N) is 1. The number of aryl methyl sites for hydroxylation is 2. The number of thiazole rings is 1. The first-order chi connectivity index (χ1) is 25.3. The molecule has 15 heteroatoms. The Labute approximate surface area is 305 Å². The van der Waals surface area contributed by atoms with E-state index in [1.165, 1.54) is 28.2 Å². The van der Waals surface area contributed by atoms with Gasteiger partial charge in [0.15, 0.2) is 10.8 Å². The molecule has 2 aromatic carbocycles. The van der Waals surface area contributed by atoms with E-state index < -0.39 is 35.6 Å². The van der Waals surface area contributed by atoms with Gasteiger partial charge in [0.05, 0.1) is 46.3 Å². The zero-order chi connectivity index (χ0) is 36.9. The van der Waals surface area contributed by atoms with Gasteiger partial charge in [-0.2, -0.15) is 15.2 Å². The number of aliphatic hydroxyl groups is 1. The van der Waals surface area contributed by atoms with Gasteiger partial charge in [-0.15, -0.1) is 0 Å². The monoisotopic (exact) mass is 744 g/mol. The molecule has 2 aliphatic carbocycles. The van der Waals surface area contributed by atoms with Crippen molar-refractivity contribution in [1.29, 1.82) is 0 Å². The van der Waals surface area contributed by atoms with Crippen LogP contribution >= 0.6 is 11.3 Å². The van der Waals surface area contributed by atoms with Gasteiger partial charge in [0, 0.05) is 46.8 Å². The van der Waals surface area contributed by atoms with Crippen molar-refractivity contribution in [3.63, 3.8) is 0 Å². The van der Waals surface area contributed by atoms with Crippen molar-refractivity contribution in [3.05, 3.63) is 88.0 Å². The van der Waals surface area contributed by atoms with Crippen LogP contribution in [0.5, 0.6) is 0 Å². The highest BCUT2D eigenvalue weighted by Gasteiger charge is 2.47. The molecule has 274 valence electrons. The Balaban J connectivity index is 1.17. The van der Waals surface area contributed by atoms with Crippen LogP contribution in [0.15, 0.2) is 42.5 Å². The minimum Gasteiger partial charge on any atom is -0.386 e. The molecule has 2 fully saturated rings. The van der Waals surface area contributed by atoms with Gasteiger partial charge in [-0.3, -0.25) is 14.2 Å². The molecule has 5 heterocycles. The van der Waals surface area contributed by atoms with Crippen LogP contribution in [0.4, 0.5) is 22.7 Å². The van der Waals surface area contributed by atoms with Crippen molar-refractivity contribution in [2.75, 3.05) is 18.0 Å². The van der Waals surface area contributed by atoms with Crippen LogP contribution in [-0.4, -0.2) is 59.2 Å². The number of hydrogen-bond donors (Lipinski definition) is 2. The lowest BCUT2D eigenvalue weighted by Gasteiger charge is -2.43. The molecule has 3 atom stereocenters. The molecule has 1 saturated carbocycles. The molecule has 4 aromatic heterocycles. The standard InChI is InChI=1S/C38H36F4N8O2S/c1-18-23-5-4-6-24(33(23)48(3)46-18)27-14-29-36(45-37(53-29)49-16-38(2,52)17-49)44-31(27)28(11-19-9-21(39)13-22(40)10-19)43-30(51)15-50-34-25(32(47-50)35(41)42)8-7-20-12-26(20)34/h4-6,9-10,13-14,20,26,28,35,52H,7-8,11-12,15-17H2,1-3H3,(H,43,51)/t20?,26?,28-/m0/s1. The second-order valence-corrected chi connectivity index (χ2v) is 16.0. The Hall–Kier alpha value is -4.89. The van der Waals surface area contributed by atoms with Gasteiger partial charge in [0.2, 0.25) is 5.91 Å². The molecule has 9 rings (SSSR count). The topological polar surface area (TPSA) is 114 Å². The average Bonchev–Trinajstić information content (AvgIpc) is 3.46. The lowest BCUT2D eigenvalue weighted by atomic mass is 9.94. The molecule has 53 heavy (non-hydrogen) atoms. The lowest BCUT2D eigenvalue weighted by Crippen LogP contribution is -2.60. The molecular weight excluding hydrogens is 709 g/mol. The largest absolute Gasteiger partial charge is 0.386 e. The number of pyridine rings is 1. The molecule has 0 radical (unpaired) electrons. The fourth-order valence-corrected chi connectivity index (χ4v) is 9.36. The van der Waals surface area contributed by atoms with Crippen molar-refractivity contribution in [3.8, 4) is 11.1 Å². The number of carbonyl (C=O) groups excluding carboxylic acids is 1. The van der Waals surface area contributed by atoms with Crippen LogP contribution in [0.2, 0.25) is 0 Å². The predicted molar refractivity (Wildman–Crippen MR) is 192 cm³/mol. The maximum atomic E-state index is 14.6. The first-order valence-electron chi connectivity index (χ1n) is 17.7. The Morgan fingerprint density at radius 2 is 1.85 bits per heavy atom. The average molecular weight is 745 g/mol. The smallest absolute Gasteiger partial charge is 0.282 e. The molecule has 6 aromatic rings. The third kappa shape index (κ3) is 6.03. The van der Waals surface area contributed by atoms with E-state index in [1.54, 1.807) is 11.6 Å². The molecule has 2 unspecified atom stereocenters. The number of halogens is 4. The summed E-state index contributed by atoms with van der Waals surface area (Å²) in [7, 11) is 1.85. The van der Waals surface area contributed by atoms with Gasteiger partial charge in [-0.25, -0.2) is 22.5 Å². The number of alkyl halides is 2. The van der Waals surface area contributed by atoms with Crippen molar-refractivity contribution in [2.24, 2.45) is 13.0 Å². The van der Waals surface area contributed by atoms with E-state index in [-0.39, 0.29) is 30.1 Å². The van der Waals surface area contributed by atoms with Crippen molar-refractivity contribution in [2.45, 2.75) is 70.1 Å². The Bertz CT molecular complexity index is 2430. The van der Waals surface area contributed by atoms with Gasteiger partial charge >= 0.3 is 0 Å². The number of amides is 1. The Kier molecular flexibility index (Phi) is 7.89. The second kappa shape index (κ2) is 12.3. The third-order valence-electron chi connectivity index (χ3n) is 10.8. The van der Waals surface area contributed by atoms with Crippen LogP contribution in [-0.2, 0) is 31.2 Å². The number of fused-ring (bicyclic) bond motifs is 5. The summed E-state index contributed by atoms with van der Waals surface area (Å²) < 4.78 is 61.4. The van der Waals surface area contributed by atoms with Gasteiger partial charge < -0.3 is 15.3 Å². The third-order valence-corrected chi connectivity index (χ3v) is 11.8. The lowest BCUT2D eigenvalue weighted by molar-refractivity contribution is -0.122. The first-order valence-corrected chi connectivity index (χ1v) is 18.5.